The molecule has 4 rings (SSSR count). The van der Waals surface area contributed by atoms with E-state index in [-0.39, 0.29) is 5.56 Å². The fourth-order valence-corrected chi connectivity index (χ4v) is 4.42. The number of hydrogen-bond donors (Lipinski definition) is 2. The summed E-state index contributed by atoms with van der Waals surface area (Å²) in [5, 5.41) is 9.85. The van der Waals surface area contributed by atoms with E-state index in [4.69, 9.17) is 9.47 Å². The van der Waals surface area contributed by atoms with E-state index in [1.165, 1.54) is 11.5 Å². The van der Waals surface area contributed by atoms with Gasteiger partial charge in [-0.2, -0.15) is 0 Å². The number of rotatable bonds is 9. The maximum absolute atomic E-state index is 11.4. The fraction of sp³-hybridized carbons (Fsp3) is 0.286. The third-order valence-corrected chi connectivity index (χ3v) is 6.72. The van der Waals surface area contributed by atoms with Crippen molar-refractivity contribution in [2.24, 2.45) is 0 Å². The number of aryl methyl sites for hydroxylation is 1. The van der Waals surface area contributed by atoms with Crippen molar-refractivity contribution in [2.75, 3.05) is 6.61 Å². The smallest absolute Gasteiger partial charge is 0.258 e. The number of benzene rings is 2. The number of nitrogens with one attached hydrogen (secondary N) is 1. The molecule has 0 radical (unpaired) electrons. The van der Waals surface area contributed by atoms with Crippen LogP contribution < -0.4 is 15.0 Å². The first-order valence-electron chi connectivity index (χ1n) is 11.5. The van der Waals surface area contributed by atoms with Crippen LogP contribution in [0.15, 0.2) is 65.6 Å². The minimum Gasteiger partial charge on any atom is -0.489 e. The van der Waals surface area contributed by atoms with Crippen molar-refractivity contribution in [3.05, 3.63) is 87.8 Å². The Balaban J connectivity index is 1.44. The molecule has 0 spiro atoms. The molecule has 0 unspecified atom stereocenters. The number of nitrogens with zero attached hydrogens (tertiary/aromatic N) is 1. The molecule has 4 aromatic rings. The molecule has 0 saturated carbocycles. The molecular weight excluding hydrogens is 460 g/mol. The van der Waals surface area contributed by atoms with Crippen molar-refractivity contribution >= 4 is 11.5 Å². The molecule has 2 aromatic heterocycles. The van der Waals surface area contributed by atoms with Gasteiger partial charge < -0.3 is 14.6 Å². The third-order valence-electron chi connectivity index (χ3n) is 5.84. The zero-order valence-electron chi connectivity index (χ0n) is 20.4. The number of H-pyrrole nitrogens is 1. The monoisotopic (exact) mass is 490 g/mol. The summed E-state index contributed by atoms with van der Waals surface area (Å²) < 4.78 is 14.5. The minimum absolute atomic E-state index is 0.0842. The summed E-state index contributed by atoms with van der Waals surface area (Å²) in [4.78, 5) is 16.8. The van der Waals surface area contributed by atoms with Crippen molar-refractivity contribution in [1.82, 2.24) is 9.36 Å². The molecule has 0 fully saturated rings. The third kappa shape index (κ3) is 6.38. The summed E-state index contributed by atoms with van der Waals surface area (Å²) >= 11 is 1.33. The molecule has 0 atom stereocenters. The molecule has 7 heteroatoms. The van der Waals surface area contributed by atoms with E-state index >= 15 is 0 Å². The number of ether oxygens (including phenoxy) is 2. The molecule has 2 N–H and O–H groups in total. The van der Waals surface area contributed by atoms with Crippen LogP contribution in [0.5, 0.6) is 11.6 Å². The lowest BCUT2D eigenvalue weighted by molar-refractivity contribution is 0.0547. The van der Waals surface area contributed by atoms with Crippen LogP contribution >= 0.6 is 11.5 Å². The largest absolute Gasteiger partial charge is 0.489 e. The number of aromatic nitrogens is 2. The van der Waals surface area contributed by atoms with Crippen LogP contribution in [0.4, 0.5) is 0 Å². The molecule has 6 nitrogen and oxygen atoms in total. The van der Waals surface area contributed by atoms with Crippen LogP contribution in [0.3, 0.4) is 0 Å². The molecule has 0 bridgehead atoms. The lowest BCUT2D eigenvalue weighted by atomic mass is 9.95. The summed E-state index contributed by atoms with van der Waals surface area (Å²) in [6, 6.07) is 17.5. The second-order valence-electron chi connectivity index (χ2n) is 9.23. The fourth-order valence-electron chi connectivity index (χ4n) is 3.73. The number of aliphatic hydroxyl groups is 1. The van der Waals surface area contributed by atoms with Crippen LogP contribution in [-0.2, 0) is 6.61 Å². The van der Waals surface area contributed by atoms with Crippen molar-refractivity contribution in [2.45, 2.75) is 46.3 Å². The summed E-state index contributed by atoms with van der Waals surface area (Å²) in [5.41, 5.74) is 5.60. The number of pyridine rings is 1. The molecular formula is C28H30N2O4S. The van der Waals surface area contributed by atoms with E-state index in [1.807, 2.05) is 49.5 Å². The molecule has 35 heavy (non-hydrogen) atoms. The Morgan fingerprint density at radius 2 is 1.80 bits per heavy atom. The Kier molecular flexibility index (Phi) is 7.38. The first-order valence-corrected chi connectivity index (χ1v) is 12.3. The lowest BCUT2D eigenvalue weighted by Gasteiger charge is -2.17. The summed E-state index contributed by atoms with van der Waals surface area (Å²) in [7, 11) is 0. The van der Waals surface area contributed by atoms with Gasteiger partial charge in [-0.25, -0.2) is 4.98 Å². The molecule has 2 aromatic carbocycles. The van der Waals surface area contributed by atoms with Gasteiger partial charge in [-0.1, -0.05) is 29.7 Å². The molecule has 182 valence electrons. The first-order chi connectivity index (χ1) is 16.7. The number of aromatic amines is 1. The van der Waals surface area contributed by atoms with Gasteiger partial charge >= 0.3 is 0 Å². The highest BCUT2D eigenvalue weighted by Gasteiger charge is 2.14. The second kappa shape index (κ2) is 10.5. The highest BCUT2D eigenvalue weighted by molar-refractivity contribution is 7.09. The average molecular weight is 491 g/mol. The van der Waals surface area contributed by atoms with Crippen LogP contribution in [-0.4, -0.2) is 26.7 Å². The maximum Gasteiger partial charge on any atom is 0.258 e. The Bertz CT molecular complexity index is 1350. The number of hydrogen-bond acceptors (Lipinski definition) is 6. The van der Waals surface area contributed by atoms with Crippen molar-refractivity contribution in [3.8, 4) is 33.2 Å². The van der Waals surface area contributed by atoms with Gasteiger partial charge in [-0.3, -0.25) is 9.17 Å². The summed E-state index contributed by atoms with van der Waals surface area (Å²) in [6.45, 7) is 8.53. The summed E-state index contributed by atoms with van der Waals surface area (Å²) in [6.07, 6.45) is 2.38. The Morgan fingerprint density at radius 1 is 1.03 bits per heavy atom. The molecule has 0 aliphatic rings. The zero-order valence-corrected chi connectivity index (χ0v) is 21.2. The van der Waals surface area contributed by atoms with Gasteiger partial charge in [0, 0.05) is 30.3 Å². The van der Waals surface area contributed by atoms with Gasteiger partial charge in [0.05, 0.1) is 17.1 Å². The predicted octanol–water partition coefficient (Wildman–Crippen LogP) is 5.90. The zero-order chi connectivity index (χ0) is 25.0. The van der Waals surface area contributed by atoms with Crippen LogP contribution in [0, 0.1) is 13.8 Å². The maximum atomic E-state index is 11.4. The quantitative estimate of drug-likeness (QED) is 0.305. The summed E-state index contributed by atoms with van der Waals surface area (Å²) in [5.74, 6) is 1.33. The van der Waals surface area contributed by atoms with Gasteiger partial charge in [0.25, 0.3) is 5.56 Å². The molecule has 0 aliphatic carbocycles. The molecule has 0 amide bonds. The molecule has 2 heterocycles. The second-order valence-corrected chi connectivity index (χ2v) is 10.1. The van der Waals surface area contributed by atoms with Crippen molar-refractivity contribution in [1.29, 1.82) is 0 Å². The van der Waals surface area contributed by atoms with Crippen molar-refractivity contribution < 1.29 is 14.6 Å². The topological polar surface area (TPSA) is 84.4 Å². The highest BCUT2D eigenvalue weighted by atomic mass is 32.1. The van der Waals surface area contributed by atoms with Gasteiger partial charge in [0.1, 0.15) is 12.4 Å². The van der Waals surface area contributed by atoms with Crippen LogP contribution in [0.2, 0.25) is 0 Å². The lowest BCUT2D eigenvalue weighted by Crippen LogP contribution is -2.22. The Morgan fingerprint density at radius 3 is 2.46 bits per heavy atom. The van der Waals surface area contributed by atoms with Gasteiger partial charge in [0.2, 0.25) is 5.88 Å². The van der Waals surface area contributed by atoms with Gasteiger partial charge in [-0.15, -0.1) is 0 Å². The first kappa shape index (κ1) is 24.7. The van der Waals surface area contributed by atoms with E-state index in [0.717, 1.165) is 44.0 Å². The SMILES string of the molecule is Cc1cc(OCCC(C)(C)O)ncc1-c1cccc(COc2ccc(-c3cc(=O)[nH]s3)cc2)c1C. The average Bonchev–Trinajstić information content (AvgIpc) is 3.25. The standard InChI is InChI=1S/C28H30N2O4S/c1-18-14-27(33-13-12-28(3,4)32)29-16-24(18)23-7-5-6-21(19(23)2)17-34-22-10-8-20(9-11-22)25-15-26(31)30-35-25/h5-11,14-16,32H,12-13,17H2,1-4H3,(H,30,31). The van der Waals surface area contributed by atoms with E-state index < -0.39 is 5.60 Å². The van der Waals surface area contributed by atoms with E-state index in [1.54, 1.807) is 19.9 Å². The van der Waals surface area contributed by atoms with Crippen molar-refractivity contribution in [3.63, 3.8) is 0 Å². The Labute approximate surface area is 209 Å². The van der Waals surface area contributed by atoms with Crippen LogP contribution in [0.1, 0.15) is 37.0 Å². The molecule has 0 saturated heterocycles. The van der Waals surface area contributed by atoms with Crippen LogP contribution in [0.25, 0.3) is 21.6 Å². The Hall–Kier alpha value is -3.42. The predicted molar refractivity (Wildman–Crippen MR) is 140 cm³/mol. The van der Waals surface area contributed by atoms with E-state index in [9.17, 15) is 9.90 Å². The minimum atomic E-state index is -0.763. The van der Waals surface area contributed by atoms with Gasteiger partial charge in [-0.05, 0) is 79.8 Å². The normalized spacial score (nSPS) is 11.5. The van der Waals surface area contributed by atoms with E-state index in [0.29, 0.717) is 25.5 Å². The molecule has 0 aliphatic heterocycles. The highest BCUT2D eigenvalue weighted by Crippen LogP contribution is 2.30. The van der Waals surface area contributed by atoms with Gasteiger partial charge in [0.15, 0.2) is 0 Å². The van der Waals surface area contributed by atoms with E-state index in [2.05, 4.69) is 28.4 Å².